The Kier molecular flexibility index (Phi) is 9.44. The van der Waals surface area contributed by atoms with Crippen molar-refractivity contribution in [2.75, 3.05) is 0 Å². The Morgan fingerprint density at radius 1 is 0.328 bits per heavy atom. The van der Waals surface area contributed by atoms with E-state index in [2.05, 4.69) is 4.98 Å². The zero-order chi connectivity index (χ0) is 45.9. The molecule has 0 saturated carbocycles. The van der Waals surface area contributed by atoms with Crippen LogP contribution in [0.2, 0.25) is 0 Å². The van der Waals surface area contributed by atoms with Gasteiger partial charge in [0.25, 0.3) is 0 Å². The molecule has 0 atom stereocenters. The van der Waals surface area contributed by atoms with E-state index < -0.39 is 103 Å². The highest BCUT2D eigenvalue weighted by atomic mass is 19.4. The molecule has 0 bridgehead atoms. The second kappa shape index (κ2) is 14.3. The molecule has 0 saturated heterocycles. The van der Waals surface area contributed by atoms with Crippen molar-refractivity contribution in [2.24, 2.45) is 0 Å². The van der Waals surface area contributed by atoms with E-state index in [0.717, 1.165) is 41.0 Å². The highest BCUT2D eigenvalue weighted by molar-refractivity contribution is 6.12. The van der Waals surface area contributed by atoms with Crippen molar-refractivity contribution in [1.29, 1.82) is 0 Å². The molecule has 3 aromatic heterocycles. The number of alkyl halides is 15. The monoisotopic (exact) mass is 901 g/mol. The Bertz CT molecular complexity index is 3170. The van der Waals surface area contributed by atoms with Crippen molar-refractivity contribution in [3.8, 4) is 33.9 Å². The largest absolute Gasteiger partial charge is 0.417 e. The third-order valence-electron chi connectivity index (χ3n) is 10.8. The van der Waals surface area contributed by atoms with Crippen LogP contribution in [0.4, 0.5) is 65.9 Å². The van der Waals surface area contributed by atoms with E-state index in [1.165, 1.54) is 12.1 Å². The predicted octanol–water partition coefficient (Wildman–Crippen LogP) is 15.7. The minimum absolute atomic E-state index is 0.130. The summed E-state index contributed by atoms with van der Waals surface area (Å²) < 4.78 is 221. The van der Waals surface area contributed by atoms with Crippen molar-refractivity contribution in [3.05, 3.63) is 161 Å². The minimum Gasteiger partial charge on any atom is -0.307 e. The summed E-state index contributed by atoms with van der Waals surface area (Å²) in [5.74, 6) is 0. The van der Waals surface area contributed by atoms with E-state index >= 15 is 13.2 Å². The summed E-state index contributed by atoms with van der Waals surface area (Å²) in [5, 5.41) is -0.625. The molecular formula is C46H22F15N3. The fraction of sp³-hybridized carbons (Fsp3) is 0.109. The first kappa shape index (κ1) is 42.3. The van der Waals surface area contributed by atoms with E-state index in [4.69, 9.17) is 0 Å². The Labute approximate surface area is 349 Å². The zero-order valence-corrected chi connectivity index (χ0v) is 31.7. The molecule has 326 valence electrons. The van der Waals surface area contributed by atoms with Gasteiger partial charge in [0, 0.05) is 32.7 Å². The van der Waals surface area contributed by atoms with Crippen LogP contribution in [0.25, 0.3) is 77.5 Å². The van der Waals surface area contributed by atoms with Gasteiger partial charge in [0.05, 0.1) is 72.6 Å². The van der Waals surface area contributed by atoms with Gasteiger partial charge < -0.3 is 9.13 Å². The number of pyridine rings is 1. The lowest BCUT2D eigenvalue weighted by atomic mass is 9.99. The fourth-order valence-electron chi connectivity index (χ4n) is 8.00. The zero-order valence-electron chi connectivity index (χ0n) is 31.7. The maximum atomic E-state index is 15.6. The van der Waals surface area contributed by atoms with Gasteiger partial charge in [-0.3, -0.25) is 0 Å². The molecule has 9 rings (SSSR count). The highest BCUT2D eigenvalue weighted by Crippen LogP contribution is 2.47. The van der Waals surface area contributed by atoms with Crippen LogP contribution < -0.4 is 0 Å². The third-order valence-corrected chi connectivity index (χ3v) is 10.8. The summed E-state index contributed by atoms with van der Waals surface area (Å²) >= 11 is 0. The van der Waals surface area contributed by atoms with Crippen LogP contribution in [0.5, 0.6) is 0 Å². The quantitative estimate of drug-likeness (QED) is 0.161. The molecule has 0 aliphatic rings. The van der Waals surface area contributed by atoms with Crippen LogP contribution in [-0.2, 0) is 30.9 Å². The maximum Gasteiger partial charge on any atom is 0.417 e. The number of halogens is 15. The van der Waals surface area contributed by atoms with E-state index in [1.54, 1.807) is 30.3 Å². The molecule has 18 heteroatoms. The Balaban J connectivity index is 1.53. The van der Waals surface area contributed by atoms with Gasteiger partial charge in [-0.05, 0) is 72.8 Å². The lowest BCUT2D eigenvalue weighted by Crippen LogP contribution is -2.13. The minimum atomic E-state index is -5.38. The van der Waals surface area contributed by atoms with E-state index in [9.17, 15) is 52.7 Å². The normalized spacial score (nSPS) is 13.2. The first-order chi connectivity index (χ1) is 29.9. The summed E-state index contributed by atoms with van der Waals surface area (Å²) in [4.78, 5) is 4.43. The molecule has 0 unspecified atom stereocenters. The summed E-state index contributed by atoms with van der Waals surface area (Å²) in [7, 11) is 0. The molecule has 3 nitrogen and oxygen atoms in total. The Morgan fingerprint density at radius 2 is 0.688 bits per heavy atom. The number of fused-ring (bicyclic) bond motifs is 6. The van der Waals surface area contributed by atoms with Crippen LogP contribution in [0.1, 0.15) is 27.8 Å². The van der Waals surface area contributed by atoms with Crippen molar-refractivity contribution in [1.82, 2.24) is 14.1 Å². The average molecular weight is 902 g/mol. The summed E-state index contributed by atoms with van der Waals surface area (Å²) in [6, 6.07) is 21.3. The van der Waals surface area contributed by atoms with Gasteiger partial charge in [-0.2, -0.15) is 65.9 Å². The molecule has 64 heavy (non-hydrogen) atoms. The standard InChI is InChI=1S/C46H22F15N3/c47-42(48,49)24-9-13-28-29-14-10-25(43(50,51)52)18-37(29)63(36(28)17-24)40-21-32(35-8-4-7-34(62-35)23-5-2-1-3-6-23)33(46(59,60)61)22-41(40)64-38-19-26(44(53,54)55)11-15-30(38)31-16-12-27(20-39(31)64)45(56,57)58/h1-22H. The maximum absolute atomic E-state index is 15.6. The van der Waals surface area contributed by atoms with E-state index in [-0.39, 0.29) is 27.2 Å². The lowest BCUT2D eigenvalue weighted by molar-refractivity contribution is -0.138. The Hall–Kier alpha value is -6.98. The van der Waals surface area contributed by atoms with Crippen molar-refractivity contribution >= 4 is 43.6 Å². The van der Waals surface area contributed by atoms with Crippen LogP contribution in [0.15, 0.2) is 133 Å². The number of nitrogens with zero attached hydrogens (tertiary/aromatic N) is 3. The first-order valence-electron chi connectivity index (χ1n) is 18.6. The van der Waals surface area contributed by atoms with E-state index in [1.807, 2.05) is 0 Å². The van der Waals surface area contributed by atoms with Gasteiger partial charge >= 0.3 is 30.9 Å². The number of hydrogen-bond donors (Lipinski definition) is 0. The summed E-state index contributed by atoms with van der Waals surface area (Å²) in [5.41, 5.74) is -11.4. The van der Waals surface area contributed by atoms with Gasteiger partial charge in [0.2, 0.25) is 0 Å². The fourth-order valence-corrected chi connectivity index (χ4v) is 8.00. The van der Waals surface area contributed by atoms with Crippen molar-refractivity contribution in [3.63, 3.8) is 0 Å². The molecule has 0 fully saturated rings. The molecule has 0 aliphatic carbocycles. The summed E-state index contributed by atoms with van der Waals surface area (Å²) in [6.07, 6.45) is -25.8. The smallest absolute Gasteiger partial charge is 0.307 e. The topological polar surface area (TPSA) is 22.8 Å². The third kappa shape index (κ3) is 7.23. The molecule has 0 aliphatic heterocycles. The number of rotatable bonds is 4. The second-order valence-corrected chi connectivity index (χ2v) is 14.7. The SMILES string of the molecule is FC(F)(F)c1ccc2c3ccc(C(F)(F)F)cc3n(-c3cc(-c4cccc(-c5ccccc5)n4)c(C(F)(F)F)cc3-n3c4cc(C(F)(F)F)ccc4c4ccc(C(F)(F)F)cc43)c2c1. The molecule has 0 amide bonds. The van der Waals surface area contributed by atoms with Crippen LogP contribution in [0, 0.1) is 0 Å². The molecule has 6 aromatic carbocycles. The highest BCUT2D eigenvalue weighted by Gasteiger charge is 2.39. The van der Waals surface area contributed by atoms with Gasteiger partial charge in [-0.25, -0.2) is 4.98 Å². The average Bonchev–Trinajstić information content (AvgIpc) is 3.73. The molecule has 0 radical (unpaired) electrons. The molecule has 0 N–H and O–H groups in total. The molecule has 3 heterocycles. The van der Waals surface area contributed by atoms with Gasteiger partial charge in [-0.1, -0.05) is 60.7 Å². The lowest BCUT2D eigenvalue weighted by Gasteiger charge is -2.22. The van der Waals surface area contributed by atoms with Crippen molar-refractivity contribution < 1.29 is 65.9 Å². The second-order valence-electron chi connectivity index (χ2n) is 14.7. The number of benzene rings is 6. The van der Waals surface area contributed by atoms with Crippen LogP contribution in [0.3, 0.4) is 0 Å². The van der Waals surface area contributed by atoms with E-state index in [0.29, 0.717) is 64.7 Å². The van der Waals surface area contributed by atoms with Gasteiger partial charge in [0.15, 0.2) is 0 Å². The van der Waals surface area contributed by atoms with Gasteiger partial charge in [-0.15, -0.1) is 0 Å². The predicted molar refractivity (Wildman–Crippen MR) is 209 cm³/mol. The first-order valence-corrected chi connectivity index (χ1v) is 18.6. The number of aromatic nitrogens is 3. The van der Waals surface area contributed by atoms with Crippen LogP contribution >= 0.6 is 0 Å². The molecule has 0 spiro atoms. The van der Waals surface area contributed by atoms with Gasteiger partial charge in [0.1, 0.15) is 0 Å². The molecular weight excluding hydrogens is 879 g/mol. The number of hydrogen-bond acceptors (Lipinski definition) is 1. The summed E-state index contributed by atoms with van der Waals surface area (Å²) in [6.45, 7) is 0. The molecule has 9 aromatic rings. The van der Waals surface area contributed by atoms with Crippen molar-refractivity contribution in [2.45, 2.75) is 30.9 Å². The van der Waals surface area contributed by atoms with Crippen LogP contribution in [-0.4, -0.2) is 14.1 Å². The Morgan fingerprint density at radius 3 is 1.05 bits per heavy atom.